The minimum absolute atomic E-state index is 0.134. The molecule has 0 saturated carbocycles. The van der Waals surface area contributed by atoms with Crippen molar-refractivity contribution in [3.63, 3.8) is 0 Å². The molecule has 8 heteroatoms. The summed E-state index contributed by atoms with van der Waals surface area (Å²) in [6.07, 6.45) is 2.51. The molecule has 94 valence electrons. The first-order valence-corrected chi connectivity index (χ1v) is 5.90. The van der Waals surface area contributed by atoms with Gasteiger partial charge in [0.1, 0.15) is 0 Å². The van der Waals surface area contributed by atoms with Crippen LogP contribution in [0.2, 0.25) is 5.28 Å². The summed E-state index contributed by atoms with van der Waals surface area (Å²) in [6, 6.07) is 0. The van der Waals surface area contributed by atoms with Gasteiger partial charge in [0.25, 0.3) is 5.91 Å². The van der Waals surface area contributed by atoms with Crippen LogP contribution in [0.5, 0.6) is 0 Å². The number of nitrogens with zero attached hydrogens (tertiary/aromatic N) is 5. The number of fused-ring (bicyclic) bond motifs is 1. The van der Waals surface area contributed by atoms with Crippen LogP contribution in [0, 0.1) is 0 Å². The maximum atomic E-state index is 12.2. The normalized spacial score (nSPS) is 14.7. The Hall–Kier alpha value is -1.89. The van der Waals surface area contributed by atoms with E-state index < -0.39 is 0 Å². The summed E-state index contributed by atoms with van der Waals surface area (Å²) in [5.41, 5.74) is 2.13. The van der Waals surface area contributed by atoms with Gasteiger partial charge < -0.3 is 4.90 Å². The standard InChI is InChI=1S/C10H11ClN6O/c1-16-10(11)13-8(15-16)9(18)17-3-2-7-6(5-17)4-12-14-7/h4H,2-3,5H2,1H3,(H,12,14). The Bertz CT molecular complexity index is 584. The van der Waals surface area contributed by atoms with Crippen molar-refractivity contribution < 1.29 is 4.79 Å². The van der Waals surface area contributed by atoms with Crippen molar-refractivity contribution in [3.8, 4) is 0 Å². The highest BCUT2D eigenvalue weighted by Gasteiger charge is 2.25. The number of nitrogens with one attached hydrogen (secondary N) is 1. The van der Waals surface area contributed by atoms with Crippen LogP contribution in [0.4, 0.5) is 0 Å². The molecule has 0 unspecified atom stereocenters. The number of carbonyl (C=O) groups is 1. The average molecular weight is 267 g/mol. The van der Waals surface area contributed by atoms with Crippen LogP contribution in [0.15, 0.2) is 6.20 Å². The van der Waals surface area contributed by atoms with Gasteiger partial charge in [-0.1, -0.05) is 0 Å². The maximum Gasteiger partial charge on any atom is 0.293 e. The molecule has 18 heavy (non-hydrogen) atoms. The van der Waals surface area contributed by atoms with Crippen LogP contribution >= 0.6 is 11.6 Å². The van der Waals surface area contributed by atoms with E-state index in [1.54, 1.807) is 18.1 Å². The van der Waals surface area contributed by atoms with Gasteiger partial charge in [0.15, 0.2) is 0 Å². The van der Waals surface area contributed by atoms with Gasteiger partial charge in [0.2, 0.25) is 11.1 Å². The number of H-pyrrole nitrogens is 1. The van der Waals surface area contributed by atoms with Crippen molar-refractivity contribution in [1.29, 1.82) is 0 Å². The zero-order valence-electron chi connectivity index (χ0n) is 9.72. The molecule has 0 radical (unpaired) electrons. The fourth-order valence-corrected chi connectivity index (χ4v) is 2.11. The number of halogens is 1. The Morgan fingerprint density at radius 2 is 2.39 bits per heavy atom. The molecule has 0 atom stereocenters. The van der Waals surface area contributed by atoms with E-state index in [-0.39, 0.29) is 17.0 Å². The highest BCUT2D eigenvalue weighted by Crippen LogP contribution is 2.17. The van der Waals surface area contributed by atoms with E-state index in [2.05, 4.69) is 20.3 Å². The number of hydrogen-bond donors (Lipinski definition) is 1. The second-order valence-corrected chi connectivity index (χ2v) is 4.52. The third-order valence-electron chi connectivity index (χ3n) is 2.99. The van der Waals surface area contributed by atoms with Gasteiger partial charge in [-0.05, 0) is 11.6 Å². The fraction of sp³-hybridized carbons (Fsp3) is 0.400. The monoisotopic (exact) mass is 266 g/mol. The predicted molar refractivity (Wildman–Crippen MR) is 63.0 cm³/mol. The lowest BCUT2D eigenvalue weighted by atomic mass is 10.1. The molecule has 1 aliphatic heterocycles. The van der Waals surface area contributed by atoms with E-state index >= 15 is 0 Å². The largest absolute Gasteiger partial charge is 0.331 e. The lowest BCUT2D eigenvalue weighted by Gasteiger charge is -2.25. The quantitative estimate of drug-likeness (QED) is 0.810. The summed E-state index contributed by atoms with van der Waals surface area (Å²) in [5.74, 6) is -0.0706. The lowest BCUT2D eigenvalue weighted by Crippen LogP contribution is -2.36. The molecule has 0 spiro atoms. The van der Waals surface area contributed by atoms with Gasteiger partial charge in [-0.15, -0.1) is 5.10 Å². The Morgan fingerprint density at radius 3 is 3.11 bits per heavy atom. The minimum Gasteiger partial charge on any atom is -0.331 e. The minimum atomic E-state index is -0.204. The second kappa shape index (κ2) is 4.09. The van der Waals surface area contributed by atoms with Crippen LogP contribution in [0.25, 0.3) is 0 Å². The van der Waals surface area contributed by atoms with E-state index in [4.69, 9.17) is 11.6 Å². The zero-order chi connectivity index (χ0) is 12.7. The summed E-state index contributed by atoms with van der Waals surface area (Å²) in [6.45, 7) is 1.16. The van der Waals surface area contributed by atoms with Gasteiger partial charge in [-0.2, -0.15) is 10.1 Å². The molecular formula is C10H11ClN6O. The van der Waals surface area contributed by atoms with Crippen LogP contribution < -0.4 is 0 Å². The van der Waals surface area contributed by atoms with Crippen molar-refractivity contribution in [2.24, 2.45) is 7.05 Å². The van der Waals surface area contributed by atoms with Gasteiger partial charge in [0.05, 0.1) is 6.20 Å². The Labute approximate surface area is 108 Å². The van der Waals surface area contributed by atoms with E-state index in [0.29, 0.717) is 13.1 Å². The molecule has 2 aromatic heterocycles. The molecule has 0 bridgehead atoms. The molecule has 7 nitrogen and oxygen atoms in total. The van der Waals surface area contributed by atoms with Crippen molar-refractivity contribution in [2.45, 2.75) is 13.0 Å². The first-order chi connectivity index (χ1) is 8.65. The SMILES string of the molecule is Cn1nc(C(=O)N2CCc3[nH]ncc3C2)nc1Cl. The van der Waals surface area contributed by atoms with Crippen molar-refractivity contribution in [3.05, 3.63) is 28.6 Å². The summed E-state index contributed by atoms with van der Waals surface area (Å²) in [7, 11) is 1.65. The number of aryl methyl sites for hydroxylation is 1. The van der Waals surface area contributed by atoms with E-state index in [0.717, 1.165) is 17.7 Å². The highest BCUT2D eigenvalue weighted by molar-refractivity contribution is 6.28. The number of aromatic amines is 1. The maximum absolute atomic E-state index is 12.2. The smallest absolute Gasteiger partial charge is 0.293 e. The third-order valence-corrected chi connectivity index (χ3v) is 3.32. The molecule has 1 N–H and O–H groups in total. The average Bonchev–Trinajstić information content (AvgIpc) is 2.95. The molecule has 0 fully saturated rings. The van der Waals surface area contributed by atoms with Crippen molar-refractivity contribution >= 4 is 17.5 Å². The van der Waals surface area contributed by atoms with Crippen molar-refractivity contribution in [2.75, 3.05) is 6.54 Å². The van der Waals surface area contributed by atoms with Crippen molar-refractivity contribution in [1.82, 2.24) is 29.9 Å². The number of amides is 1. The Kier molecular flexibility index (Phi) is 2.55. The molecule has 1 aliphatic rings. The topological polar surface area (TPSA) is 79.7 Å². The molecule has 1 amide bonds. The van der Waals surface area contributed by atoms with Gasteiger partial charge >= 0.3 is 0 Å². The molecule has 0 saturated heterocycles. The summed E-state index contributed by atoms with van der Waals surface area (Å²) < 4.78 is 1.38. The summed E-state index contributed by atoms with van der Waals surface area (Å²) in [4.78, 5) is 17.8. The number of carbonyl (C=O) groups excluding carboxylic acids is 1. The molecule has 2 aromatic rings. The van der Waals surface area contributed by atoms with E-state index in [1.165, 1.54) is 4.68 Å². The van der Waals surface area contributed by atoms with Gasteiger partial charge in [-0.3, -0.25) is 9.89 Å². The molecular weight excluding hydrogens is 256 g/mol. The van der Waals surface area contributed by atoms with Crippen LogP contribution in [0.1, 0.15) is 21.9 Å². The van der Waals surface area contributed by atoms with Crippen LogP contribution in [-0.4, -0.2) is 42.3 Å². The first kappa shape index (κ1) is 11.2. The predicted octanol–water partition coefficient (Wildman–Crippen LogP) is 0.390. The molecule has 0 aromatic carbocycles. The molecule has 3 rings (SSSR count). The number of rotatable bonds is 1. The highest BCUT2D eigenvalue weighted by atomic mass is 35.5. The Balaban J connectivity index is 1.82. The van der Waals surface area contributed by atoms with Crippen LogP contribution in [-0.2, 0) is 20.0 Å². The molecule has 3 heterocycles. The summed E-state index contributed by atoms with van der Waals surface area (Å²) in [5, 5.41) is 11.1. The van der Waals surface area contributed by atoms with E-state index in [1.807, 2.05) is 0 Å². The van der Waals surface area contributed by atoms with Gasteiger partial charge in [0, 0.05) is 37.8 Å². The number of aromatic nitrogens is 5. The lowest BCUT2D eigenvalue weighted by molar-refractivity contribution is 0.0721. The zero-order valence-corrected chi connectivity index (χ0v) is 10.5. The Morgan fingerprint density at radius 1 is 1.56 bits per heavy atom. The van der Waals surface area contributed by atoms with Gasteiger partial charge in [-0.25, -0.2) is 4.68 Å². The molecule has 0 aliphatic carbocycles. The number of hydrogen-bond acceptors (Lipinski definition) is 4. The van der Waals surface area contributed by atoms with E-state index in [9.17, 15) is 4.79 Å². The first-order valence-electron chi connectivity index (χ1n) is 5.52. The third kappa shape index (κ3) is 1.76. The fourth-order valence-electron chi connectivity index (χ4n) is 1.99. The summed E-state index contributed by atoms with van der Waals surface area (Å²) >= 11 is 5.78. The van der Waals surface area contributed by atoms with Crippen LogP contribution in [0.3, 0.4) is 0 Å². The second-order valence-electron chi connectivity index (χ2n) is 4.18.